The first-order valence-corrected chi connectivity index (χ1v) is 9.85. The predicted octanol–water partition coefficient (Wildman–Crippen LogP) is 2.92. The van der Waals surface area contributed by atoms with Crippen molar-refractivity contribution in [2.24, 2.45) is 7.05 Å². The van der Waals surface area contributed by atoms with Crippen LogP contribution in [0.1, 0.15) is 48.3 Å². The van der Waals surface area contributed by atoms with Gasteiger partial charge in [-0.25, -0.2) is 0 Å². The average molecular weight is 369 g/mol. The second-order valence-electron chi connectivity index (χ2n) is 8.30. The van der Waals surface area contributed by atoms with Crippen LogP contribution in [-0.2, 0) is 31.2 Å². The lowest BCUT2D eigenvalue weighted by Gasteiger charge is -2.41. The van der Waals surface area contributed by atoms with Gasteiger partial charge in [-0.2, -0.15) is 5.10 Å². The van der Waals surface area contributed by atoms with E-state index in [1.165, 1.54) is 16.7 Å². The molecule has 0 aliphatic carbocycles. The molecule has 1 aromatic carbocycles. The van der Waals surface area contributed by atoms with Crippen molar-refractivity contribution < 1.29 is 4.79 Å². The molecule has 1 amide bonds. The molecule has 2 heterocycles. The third kappa shape index (κ3) is 4.41. The fraction of sp³-hybridized carbons (Fsp3) is 0.545. The van der Waals surface area contributed by atoms with Crippen molar-refractivity contribution >= 4 is 5.91 Å². The summed E-state index contributed by atoms with van der Waals surface area (Å²) in [6.07, 6.45) is 2.33. The number of aryl methyl sites for hydroxylation is 2. The molecular weight excluding hydrogens is 336 g/mol. The Morgan fingerprint density at radius 3 is 2.59 bits per heavy atom. The van der Waals surface area contributed by atoms with Crippen LogP contribution < -0.4 is 5.32 Å². The molecule has 146 valence electrons. The van der Waals surface area contributed by atoms with E-state index < -0.39 is 0 Å². The van der Waals surface area contributed by atoms with Gasteiger partial charge in [0.15, 0.2) is 0 Å². The van der Waals surface area contributed by atoms with Gasteiger partial charge in [0, 0.05) is 44.3 Å². The van der Waals surface area contributed by atoms with Gasteiger partial charge in [0.05, 0.1) is 5.69 Å². The van der Waals surface area contributed by atoms with Gasteiger partial charge < -0.3 is 5.32 Å². The van der Waals surface area contributed by atoms with Crippen molar-refractivity contribution in [2.45, 2.75) is 59.0 Å². The molecule has 0 unspecified atom stereocenters. The highest BCUT2D eigenvalue weighted by Crippen LogP contribution is 2.25. The molecule has 0 bridgehead atoms. The lowest BCUT2D eigenvalue weighted by atomic mass is 9.94. The highest BCUT2D eigenvalue weighted by atomic mass is 16.1. The molecule has 3 rings (SSSR count). The number of carbonyl (C=O) groups is 1. The molecular formula is C22H32N4O. The summed E-state index contributed by atoms with van der Waals surface area (Å²) in [5, 5.41) is 7.58. The highest BCUT2D eigenvalue weighted by molar-refractivity contribution is 5.76. The number of nitrogens with one attached hydrogen (secondary N) is 1. The Morgan fingerprint density at radius 1 is 1.22 bits per heavy atom. The molecule has 27 heavy (non-hydrogen) atoms. The quantitative estimate of drug-likeness (QED) is 0.853. The summed E-state index contributed by atoms with van der Waals surface area (Å²) in [4.78, 5) is 14.9. The number of carbonyl (C=O) groups excluding carboxylic acids is 1. The van der Waals surface area contributed by atoms with Gasteiger partial charge >= 0.3 is 0 Å². The topological polar surface area (TPSA) is 50.2 Å². The summed E-state index contributed by atoms with van der Waals surface area (Å²) in [6, 6.07) is 8.67. The SMILES string of the molecule is Cc1nn(C)c(C)c1CCC(=O)NCC(C)(C)N1CCc2ccccc2C1. The Hall–Kier alpha value is -2.14. The predicted molar refractivity (Wildman–Crippen MR) is 109 cm³/mol. The largest absolute Gasteiger partial charge is 0.354 e. The van der Waals surface area contributed by atoms with Crippen molar-refractivity contribution in [3.05, 3.63) is 52.3 Å². The van der Waals surface area contributed by atoms with Crippen LogP contribution in [0.25, 0.3) is 0 Å². The molecule has 0 saturated carbocycles. The molecule has 0 radical (unpaired) electrons. The molecule has 0 atom stereocenters. The monoisotopic (exact) mass is 368 g/mol. The van der Waals surface area contributed by atoms with Crippen LogP contribution >= 0.6 is 0 Å². The zero-order valence-electron chi connectivity index (χ0n) is 17.3. The fourth-order valence-corrected chi connectivity index (χ4v) is 3.95. The molecule has 1 aromatic heterocycles. The number of rotatable bonds is 6. The Morgan fingerprint density at radius 2 is 1.93 bits per heavy atom. The van der Waals surface area contributed by atoms with Crippen molar-refractivity contribution in [1.82, 2.24) is 20.0 Å². The second-order valence-corrected chi connectivity index (χ2v) is 8.30. The highest BCUT2D eigenvalue weighted by Gasteiger charge is 2.30. The number of nitrogens with zero attached hydrogens (tertiary/aromatic N) is 3. The average Bonchev–Trinajstić information content (AvgIpc) is 2.89. The minimum Gasteiger partial charge on any atom is -0.354 e. The van der Waals surface area contributed by atoms with E-state index in [1.807, 2.05) is 18.7 Å². The van der Waals surface area contributed by atoms with E-state index in [-0.39, 0.29) is 11.4 Å². The minimum absolute atomic E-state index is 0.0661. The smallest absolute Gasteiger partial charge is 0.220 e. The third-order valence-electron chi connectivity index (χ3n) is 5.97. The fourth-order valence-electron chi connectivity index (χ4n) is 3.95. The van der Waals surface area contributed by atoms with Crippen LogP contribution in [0.4, 0.5) is 0 Å². The molecule has 5 heteroatoms. The molecule has 2 aromatic rings. The summed E-state index contributed by atoms with van der Waals surface area (Å²) in [5.74, 6) is 0.114. The molecule has 1 aliphatic rings. The van der Waals surface area contributed by atoms with Crippen molar-refractivity contribution in [3.8, 4) is 0 Å². The number of amides is 1. The van der Waals surface area contributed by atoms with Gasteiger partial charge in [0.1, 0.15) is 0 Å². The van der Waals surface area contributed by atoms with Crippen LogP contribution in [0.15, 0.2) is 24.3 Å². The summed E-state index contributed by atoms with van der Waals surface area (Å²) < 4.78 is 1.89. The second kappa shape index (κ2) is 7.85. The van der Waals surface area contributed by atoms with E-state index in [0.29, 0.717) is 13.0 Å². The number of fused-ring (bicyclic) bond motifs is 1. The third-order valence-corrected chi connectivity index (χ3v) is 5.97. The summed E-state index contributed by atoms with van der Waals surface area (Å²) in [6.45, 7) is 11.2. The van der Waals surface area contributed by atoms with Crippen molar-refractivity contribution in [3.63, 3.8) is 0 Å². The van der Waals surface area contributed by atoms with Gasteiger partial charge in [0.25, 0.3) is 0 Å². The Bertz CT molecular complexity index is 822. The molecule has 0 saturated heterocycles. The molecule has 1 N–H and O–H groups in total. The Labute approximate surface area is 162 Å². The van der Waals surface area contributed by atoms with E-state index >= 15 is 0 Å². The van der Waals surface area contributed by atoms with Crippen LogP contribution in [0.5, 0.6) is 0 Å². The van der Waals surface area contributed by atoms with E-state index in [2.05, 4.69) is 60.4 Å². The zero-order chi connectivity index (χ0) is 19.6. The standard InChI is InChI=1S/C22H32N4O/c1-16-20(17(2)25(5)24-16)10-11-21(27)23-15-22(3,4)26-13-12-18-8-6-7-9-19(18)14-26/h6-9H,10-15H2,1-5H3,(H,23,27). The molecule has 5 nitrogen and oxygen atoms in total. The summed E-state index contributed by atoms with van der Waals surface area (Å²) >= 11 is 0. The number of benzene rings is 1. The van der Waals surface area contributed by atoms with E-state index in [9.17, 15) is 4.79 Å². The van der Waals surface area contributed by atoms with E-state index in [0.717, 1.165) is 37.3 Å². The van der Waals surface area contributed by atoms with Crippen LogP contribution in [0, 0.1) is 13.8 Å². The Balaban J connectivity index is 1.52. The van der Waals surface area contributed by atoms with Crippen LogP contribution in [0.3, 0.4) is 0 Å². The maximum atomic E-state index is 12.4. The number of aromatic nitrogens is 2. The zero-order valence-corrected chi connectivity index (χ0v) is 17.3. The minimum atomic E-state index is -0.0661. The van der Waals surface area contributed by atoms with Crippen LogP contribution in [0.2, 0.25) is 0 Å². The molecule has 1 aliphatic heterocycles. The number of hydrogen-bond acceptors (Lipinski definition) is 3. The maximum absolute atomic E-state index is 12.4. The first-order valence-electron chi connectivity index (χ1n) is 9.85. The molecule has 0 spiro atoms. The lowest BCUT2D eigenvalue weighted by molar-refractivity contribution is -0.121. The Kier molecular flexibility index (Phi) is 5.70. The number of hydrogen-bond donors (Lipinski definition) is 1. The van der Waals surface area contributed by atoms with Gasteiger partial charge in [-0.1, -0.05) is 24.3 Å². The summed E-state index contributed by atoms with van der Waals surface area (Å²) in [5.41, 5.74) is 6.16. The summed E-state index contributed by atoms with van der Waals surface area (Å²) in [7, 11) is 1.95. The first-order chi connectivity index (χ1) is 12.8. The maximum Gasteiger partial charge on any atom is 0.220 e. The van der Waals surface area contributed by atoms with Gasteiger partial charge in [-0.3, -0.25) is 14.4 Å². The normalized spacial score (nSPS) is 14.9. The lowest BCUT2D eigenvalue weighted by Crippen LogP contribution is -2.53. The van der Waals surface area contributed by atoms with Gasteiger partial charge in [-0.15, -0.1) is 0 Å². The first kappa shape index (κ1) is 19.6. The van der Waals surface area contributed by atoms with Gasteiger partial charge in [0.2, 0.25) is 5.91 Å². The van der Waals surface area contributed by atoms with Crippen molar-refractivity contribution in [2.75, 3.05) is 13.1 Å². The van der Waals surface area contributed by atoms with E-state index in [4.69, 9.17) is 0 Å². The van der Waals surface area contributed by atoms with Crippen LogP contribution in [-0.4, -0.2) is 39.2 Å². The van der Waals surface area contributed by atoms with Crippen molar-refractivity contribution in [1.29, 1.82) is 0 Å². The van der Waals surface area contributed by atoms with Gasteiger partial charge in [-0.05, 0) is 57.2 Å². The molecule has 0 fully saturated rings. The van der Waals surface area contributed by atoms with E-state index in [1.54, 1.807) is 0 Å².